The molecule has 0 unspecified atom stereocenters. The zero-order valence-corrected chi connectivity index (χ0v) is 12.2. The van der Waals surface area contributed by atoms with Gasteiger partial charge in [-0.05, 0) is 0 Å². The highest BCUT2D eigenvalue weighted by Gasteiger charge is 2.16. The van der Waals surface area contributed by atoms with Crippen LogP contribution >= 0.6 is 0 Å². The molecule has 0 atom stereocenters. The van der Waals surface area contributed by atoms with E-state index in [0.29, 0.717) is 19.4 Å². The molecule has 0 aromatic rings. The number of amides is 2. The van der Waals surface area contributed by atoms with Crippen LogP contribution in [0.4, 0.5) is 0 Å². The van der Waals surface area contributed by atoms with Crippen molar-refractivity contribution in [2.24, 2.45) is 0 Å². The number of nitrogens with one attached hydrogen (secondary N) is 1. The van der Waals surface area contributed by atoms with E-state index in [2.05, 4.69) is 5.32 Å². The summed E-state index contributed by atoms with van der Waals surface area (Å²) in [6, 6.07) is 0. The Balaban J connectivity index is 0.00000137. The summed E-state index contributed by atoms with van der Waals surface area (Å²) in [6.45, 7) is 9.66. The second kappa shape index (κ2) is 9.88. The van der Waals surface area contributed by atoms with Crippen molar-refractivity contribution in [3.63, 3.8) is 0 Å². The summed E-state index contributed by atoms with van der Waals surface area (Å²) in [6.07, 6.45) is 0.931. The zero-order chi connectivity index (χ0) is 14.0. The smallest absolute Gasteiger partial charge is 0.224 e. The first-order valence-electron chi connectivity index (χ1n) is 6.87. The molecule has 106 valence electrons. The minimum absolute atomic E-state index is 0.0908. The molecule has 0 bridgehead atoms. The van der Waals surface area contributed by atoms with Crippen molar-refractivity contribution >= 4 is 11.8 Å². The summed E-state index contributed by atoms with van der Waals surface area (Å²) in [5.74, 6) is 0.241. The molecule has 5 nitrogen and oxygen atoms in total. The number of piperazine rings is 1. The number of hydrogen-bond acceptors (Lipinski definition) is 3. The maximum absolute atomic E-state index is 11.8. The highest BCUT2D eigenvalue weighted by Crippen LogP contribution is 1.99. The molecule has 1 N–H and O–H groups in total. The third kappa shape index (κ3) is 6.00. The van der Waals surface area contributed by atoms with Gasteiger partial charge in [0.1, 0.15) is 0 Å². The predicted octanol–water partition coefficient (Wildman–Crippen LogP) is 0.703. The van der Waals surface area contributed by atoms with Gasteiger partial charge in [0.2, 0.25) is 11.8 Å². The molecule has 0 saturated carbocycles. The van der Waals surface area contributed by atoms with E-state index in [9.17, 15) is 9.59 Å². The van der Waals surface area contributed by atoms with Crippen LogP contribution in [-0.4, -0.2) is 61.4 Å². The largest absolute Gasteiger partial charge is 0.345 e. The van der Waals surface area contributed by atoms with Crippen molar-refractivity contribution in [1.29, 1.82) is 0 Å². The third-order valence-corrected chi connectivity index (χ3v) is 2.86. The Bertz CT molecular complexity index is 251. The van der Waals surface area contributed by atoms with Crippen LogP contribution in [0.25, 0.3) is 0 Å². The summed E-state index contributed by atoms with van der Waals surface area (Å²) in [4.78, 5) is 26.6. The molecule has 0 aliphatic carbocycles. The van der Waals surface area contributed by atoms with Crippen LogP contribution in [0.3, 0.4) is 0 Å². The summed E-state index contributed by atoms with van der Waals surface area (Å²) in [7, 11) is 1.75. The van der Waals surface area contributed by atoms with Crippen molar-refractivity contribution in [2.45, 2.75) is 33.6 Å². The topological polar surface area (TPSA) is 52.7 Å². The lowest BCUT2D eigenvalue weighted by atomic mass is 10.3. The van der Waals surface area contributed by atoms with Crippen LogP contribution in [0.2, 0.25) is 0 Å². The van der Waals surface area contributed by atoms with Gasteiger partial charge in [-0.1, -0.05) is 20.8 Å². The highest BCUT2D eigenvalue weighted by molar-refractivity contribution is 5.79. The second-order valence-corrected chi connectivity index (χ2v) is 4.05. The van der Waals surface area contributed by atoms with Crippen LogP contribution < -0.4 is 5.32 Å². The molecule has 1 saturated heterocycles. The average Bonchev–Trinajstić information content (AvgIpc) is 2.46. The molecular formula is C13H27N3O2. The van der Waals surface area contributed by atoms with E-state index in [-0.39, 0.29) is 11.8 Å². The summed E-state index contributed by atoms with van der Waals surface area (Å²) >= 11 is 0. The molecule has 1 rings (SSSR count). The molecule has 1 aliphatic heterocycles. The molecule has 0 spiro atoms. The molecule has 0 aromatic carbocycles. The van der Waals surface area contributed by atoms with Gasteiger partial charge in [-0.2, -0.15) is 0 Å². The summed E-state index contributed by atoms with van der Waals surface area (Å²) in [5.41, 5.74) is 0. The maximum atomic E-state index is 11.8. The van der Waals surface area contributed by atoms with Gasteiger partial charge in [0, 0.05) is 52.6 Å². The second-order valence-electron chi connectivity index (χ2n) is 4.05. The zero-order valence-electron chi connectivity index (χ0n) is 12.2. The van der Waals surface area contributed by atoms with Crippen molar-refractivity contribution in [2.75, 3.05) is 39.8 Å². The fraction of sp³-hybridized carbons (Fsp3) is 0.846. The molecule has 1 heterocycles. The lowest BCUT2D eigenvalue weighted by Gasteiger charge is -2.28. The van der Waals surface area contributed by atoms with Gasteiger partial charge in [0.15, 0.2) is 0 Å². The van der Waals surface area contributed by atoms with Crippen LogP contribution in [0.1, 0.15) is 33.6 Å². The minimum atomic E-state index is 0.0908. The van der Waals surface area contributed by atoms with Crippen molar-refractivity contribution in [3.05, 3.63) is 0 Å². The van der Waals surface area contributed by atoms with Gasteiger partial charge in [0.25, 0.3) is 0 Å². The molecule has 5 heteroatoms. The quantitative estimate of drug-likeness (QED) is 0.807. The van der Waals surface area contributed by atoms with Crippen LogP contribution in [0.15, 0.2) is 0 Å². The first kappa shape index (κ1) is 16.9. The summed E-state index contributed by atoms with van der Waals surface area (Å²) in [5, 5.41) is 3.20. The first-order chi connectivity index (χ1) is 8.65. The van der Waals surface area contributed by atoms with Crippen molar-refractivity contribution < 1.29 is 9.59 Å². The van der Waals surface area contributed by atoms with E-state index in [4.69, 9.17) is 0 Å². The van der Waals surface area contributed by atoms with E-state index in [1.54, 1.807) is 11.9 Å². The van der Waals surface area contributed by atoms with E-state index in [1.807, 2.05) is 25.7 Å². The normalized spacial score (nSPS) is 14.6. The van der Waals surface area contributed by atoms with Crippen LogP contribution in [-0.2, 0) is 9.59 Å². The maximum Gasteiger partial charge on any atom is 0.224 e. The Morgan fingerprint density at radius 2 is 1.78 bits per heavy atom. The fourth-order valence-corrected chi connectivity index (χ4v) is 1.73. The first-order valence-corrected chi connectivity index (χ1v) is 6.87. The third-order valence-electron chi connectivity index (χ3n) is 2.86. The summed E-state index contributed by atoms with van der Waals surface area (Å²) < 4.78 is 0. The molecule has 2 amide bonds. The van der Waals surface area contributed by atoms with Gasteiger partial charge in [-0.3, -0.25) is 9.59 Å². The van der Waals surface area contributed by atoms with Gasteiger partial charge < -0.3 is 15.1 Å². The lowest BCUT2D eigenvalue weighted by Crippen LogP contribution is -2.47. The highest BCUT2D eigenvalue weighted by atomic mass is 16.2. The van der Waals surface area contributed by atoms with Crippen LogP contribution in [0.5, 0.6) is 0 Å². The fourth-order valence-electron chi connectivity index (χ4n) is 1.73. The van der Waals surface area contributed by atoms with Gasteiger partial charge in [-0.15, -0.1) is 0 Å². The Morgan fingerprint density at radius 1 is 1.22 bits per heavy atom. The van der Waals surface area contributed by atoms with Crippen molar-refractivity contribution in [3.8, 4) is 0 Å². The standard InChI is InChI=1S/C11H21N3O2.C2H6/c1-3-10(15)13(2)7-4-11(16)14-8-5-12-6-9-14;1-2/h12H,3-9H2,1-2H3;1-2H3. The van der Waals surface area contributed by atoms with E-state index < -0.39 is 0 Å². The monoisotopic (exact) mass is 257 g/mol. The Morgan fingerprint density at radius 3 is 2.28 bits per heavy atom. The van der Waals surface area contributed by atoms with Gasteiger partial charge in [0.05, 0.1) is 0 Å². The number of carbonyl (C=O) groups excluding carboxylic acids is 2. The van der Waals surface area contributed by atoms with E-state index in [0.717, 1.165) is 26.2 Å². The van der Waals surface area contributed by atoms with Gasteiger partial charge >= 0.3 is 0 Å². The molecule has 0 aromatic heterocycles. The minimum Gasteiger partial charge on any atom is -0.345 e. The molecule has 1 fully saturated rings. The Hall–Kier alpha value is -1.10. The average molecular weight is 257 g/mol. The number of rotatable bonds is 4. The van der Waals surface area contributed by atoms with E-state index >= 15 is 0 Å². The van der Waals surface area contributed by atoms with Gasteiger partial charge in [-0.25, -0.2) is 0 Å². The van der Waals surface area contributed by atoms with E-state index in [1.165, 1.54) is 0 Å². The van der Waals surface area contributed by atoms with Crippen molar-refractivity contribution in [1.82, 2.24) is 15.1 Å². The molecular weight excluding hydrogens is 230 g/mol. The number of carbonyl (C=O) groups is 2. The predicted molar refractivity (Wildman–Crippen MR) is 73.3 cm³/mol. The lowest BCUT2D eigenvalue weighted by molar-refractivity contribution is -0.133. The molecule has 18 heavy (non-hydrogen) atoms. The Labute approximate surface area is 111 Å². The molecule has 1 aliphatic rings. The Kier molecular flexibility index (Phi) is 9.28. The van der Waals surface area contributed by atoms with Crippen LogP contribution in [0, 0.1) is 0 Å². The molecule has 0 radical (unpaired) electrons. The number of hydrogen-bond donors (Lipinski definition) is 1. The SMILES string of the molecule is CC.CCC(=O)N(C)CCC(=O)N1CCNCC1. The number of nitrogens with zero attached hydrogens (tertiary/aromatic N) is 2.